The number of aromatic nitrogens is 2. The van der Waals surface area contributed by atoms with Crippen LogP contribution in [-0.4, -0.2) is 4.98 Å². The van der Waals surface area contributed by atoms with Crippen LogP contribution in [0.4, 0.5) is 0 Å². The first-order valence-electron chi connectivity index (χ1n) is 5.80. The molecule has 100 valence electrons. The van der Waals surface area contributed by atoms with Gasteiger partial charge in [0.2, 0.25) is 5.69 Å². The van der Waals surface area contributed by atoms with Crippen molar-refractivity contribution < 1.29 is 35.6 Å². The molecule has 0 saturated heterocycles. The van der Waals surface area contributed by atoms with Crippen molar-refractivity contribution in [1.29, 1.82) is 26.3 Å². The van der Waals surface area contributed by atoms with Crippen LogP contribution in [0.3, 0.4) is 0 Å². The van der Waals surface area contributed by atoms with Gasteiger partial charge in [-0.3, -0.25) is 4.98 Å². The summed E-state index contributed by atoms with van der Waals surface area (Å²) in [5.74, 6) is 0. The van der Waals surface area contributed by atoms with Crippen molar-refractivity contribution in [2.75, 3.05) is 0 Å². The third-order valence-electron chi connectivity index (χ3n) is 2.89. The second kappa shape index (κ2) is 7.67. The van der Waals surface area contributed by atoms with Crippen LogP contribution in [0.2, 0.25) is 0 Å². The average molecular weight is 306 g/mol. The topological polar surface area (TPSA) is 136 Å². The molecule has 0 N–H and O–H groups in total. The fourth-order valence-electron chi connectivity index (χ4n) is 1.99. The Hall–Kier alpha value is -3.25. The van der Waals surface area contributed by atoms with Crippen molar-refractivity contribution in [3.8, 4) is 36.0 Å². The number of rotatable bonds is 1. The van der Waals surface area contributed by atoms with Gasteiger partial charge >= 0.3 is 40.9 Å². The first-order valence-corrected chi connectivity index (χ1v) is 5.80. The molecular weight excluding hydrogens is 301 g/mol. The summed E-state index contributed by atoms with van der Waals surface area (Å²) in [5, 5.41) is 46.4. The van der Waals surface area contributed by atoms with Crippen molar-refractivity contribution in [2.45, 2.75) is 0 Å². The van der Waals surface area contributed by atoms with Gasteiger partial charge in [-0.25, -0.2) is 0 Å². The first-order chi connectivity index (χ1) is 10.7. The van der Waals surface area contributed by atoms with Crippen LogP contribution in [0.15, 0.2) is 24.5 Å². The number of pyridine rings is 2. The Balaban J connectivity index is 0.00000264. The molecule has 0 aliphatic rings. The van der Waals surface area contributed by atoms with Gasteiger partial charge in [-0.05, 0) is 0 Å². The molecule has 0 radical (unpaired) electrons. The van der Waals surface area contributed by atoms with Gasteiger partial charge in [0.1, 0.15) is 23.8 Å². The smallest absolute Gasteiger partial charge is 1.00 e. The van der Waals surface area contributed by atoms with E-state index in [-0.39, 0.29) is 59.1 Å². The SMILES string of the molecule is N#Cc1c(C#N)c(C#N)[n+](-c2ccncc2)c(C#N)c1C#N.[H-].[Na+]. The van der Waals surface area contributed by atoms with Crippen molar-refractivity contribution in [1.82, 2.24) is 4.98 Å². The molecule has 0 unspecified atom stereocenters. The van der Waals surface area contributed by atoms with E-state index in [1.807, 2.05) is 12.1 Å². The van der Waals surface area contributed by atoms with Gasteiger partial charge in [-0.2, -0.15) is 26.3 Å². The third kappa shape index (κ3) is 2.88. The predicted octanol–water partition coefficient (Wildman–Crippen LogP) is -2.17. The van der Waals surface area contributed by atoms with E-state index in [1.165, 1.54) is 29.1 Å². The summed E-state index contributed by atoms with van der Waals surface area (Å²) < 4.78 is 1.18. The maximum Gasteiger partial charge on any atom is 1.00 e. The van der Waals surface area contributed by atoms with E-state index < -0.39 is 0 Å². The molecule has 2 rings (SSSR count). The standard InChI is InChI=1S/C15H4N7.Na.H/c16-5-11-12(6-17)14(8-19)22(10-1-3-21-4-2-10)15(9-20)13(11)7-18;;/h1-4H;;/q2*+1;-1. The number of hydrogen-bond donors (Lipinski definition) is 0. The molecule has 0 aliphatic heterocycles. The van der Waals surface area contributed by atoms with E-state index in [0.717, 1.165) is 0 Å². The van der Waals surface area contributed by atoms with Crippen LogP contribution in [0.5, 0.6) is 0 Å². The summed E-state index contributed by atoms with van der Waals surface area (Å²) >= 11 is 0. The number of nitrogens with zero attached hydrogens (tertiary/aromatic N) is 7. The van der Waals surface area contributed by atoms with Crippen molar-refractivity contribution in [3.63, 3.8) is 0 Å². The number of nitriles is 5. The molecule has 0 aliphatic carbocycles. The summed E-state index contributed by atoms with van der Waals surface area (Å²) in [6.45, 7) is 0. The van der Waals surface area contributed by atoms with Gasteiger partial charge in [0.05, 0.1) is 0 Å². The maximum absolute atomic E-state index is 9.36. The minimum absolute atomic E-state index is 0. The van der Waals surface area contributed by atoms with E-state index in [4.69, 9.17) is 0 Å². The molecule has 0 spiro atoms. The summed E-state index contributed by atoms with van der Waals surface area (Å²) in [6, 6.07) is 11.9. The minimum Gasteiger partial charge on any atom is -1.00 e. The van der Waals surface area contributed by atoms with E-state index in [9.17, 15) is 26.3 Å². The fourth-order valence-corrected chi connectivity index (χ4v) is 1.99. The molecule has 0 atom stereocenters. The first kappa shape index (κ1) is 17.8. The Morgan fingerprint density at radius 2 is 1.17 bits per heavy atom. The Morgan fingerprint density at radius 3 is 1.52 bits per heavy atom. The van der Waals surface area contributed by atoms with Crippen LogP contribution in [0.25, 0.3) is 5.69 Å². The Kier molecular flexibility index (Phi) is 5.94. The van der Waals surface area contributed by atoms with E-state index in [0.29, 0.717) is 5.69 Å². The van der Waals surface area contributed by atoms with Gasteiger partial charge in [0.15, 0.2) is 23.3 Å². The van der Waals surface area contributed by atoms with Crippen molar-refractivity contribution in [3.05, 3.63) is 52.6 Å². The van der Waals surface area contributed by atoms with Gasteiger partial charge in [-0.15, -0.1) is 4.57 Å². The normalized spacial score (nSPS) is 8.30. The van der Waals surface area contributed by atoms with E-state index in [1.54, 1.807) is 18.2 Å². The predicted molar refractivity (Wildman–Crippen MR) is 70.5 cm³/mol. The average Bonchev–Trinajstić information content (AvgIpc) is 2.59. The molecule has 2 aromatic rings. The molecule has 2 aromatic heterocycles. The summed E-state index contributed by atoms with van der Waals surface area (Å²) in [4.78, 5) is 3.84. The van der Waals surface area contributed by atoms with Gasteiger partial charge in [0.25, 0.3) is 0 Å². The molecule has 0 fully saturated rings. The monoisotopic (exact) mass is 306 g/mol. The molecule has 7 nitrogen and oxygen atoms in total. The minimum atomic E-state index is -0.275. The Labute approximate surface area is 155 Å². The van der Waals surface area contributed by atoms with Crippen LogP contribution in [-0.2, 0) is 0 Å². The van der Waals surface area contributed by atoms with Gasteiger partial charge in [0, 0.05) is 24.5 Å². The largest absolute Gasteiger partial charge is 1.00 e. The Bertz CT molecular complexity index is 930. The zero-order valence-corrected chi connectivity index (χ0v) is 13.9. The zero-order chi connectivity index (χ0) is 16.1. The summed E-state index contributed by atoms with van der Waals surface area (Å²) in [5.41, 5.74) is -0.722. The van der Waals surface area contributed by atoms with Gasteiger partial charge in [-0.1, -0.05) is 0 Å². The third-order valence-corrected chi connectivity index (χ3v) is 2.89. The van der Waals surface area contributed by atoms with Crippen molar-refractivity contribution in [2.24, 2.45) is 0 Å². The molecular formula is C15H5N7Na+. The second-order valence-corrected chi connectivity index (χ2v) is 3.92. The van der Waals surface area contributed by atoms with E-state index >= 15 is 0 Å². The van der Waals surface area contributed by atoms with E-state index in [2.05, 4.69) is 4.98 Å². The molecule has 0 saturated carbocycles. The summed E-state index contributed by atoms with van der Waals surface area (Å²) in [7, 11) is 0. The fraction of sp³-hybridized carbons (Fsp3) is 0. The number of hydrogen-bond acceptors (Lipinski definition) is 6. The van der Waals surface area contributed by atoms with Crippen LogP contribution >= 0.6 is 0 Å². The quantitative estimate of drug-likeness (QED) is 0.434. The van der Waals surface area contributed by atoms with Crippen molar-refractivity contribution >= 4 is 0 Å². The molecule has 2 heterocycles. The maximum atomic E-state index is 9.36. The summed E-state index contributed by atoms with van der Waals surface area (Å²) in [6.07, 6.45) is 2.89. The van der Waals surface area contributed by atoms with Crippen LogP contribution < -0.4 is 34.1 Å². The zero-order valence-electron chi connectivity index (χ0n) is 12.9. The molecule has 0 bridgehead atoms. The Morgan fingerprint density at radius 1 is 0.739 bits per heavy atom. The molecule has 23 heavy (non-hydrogen) atoms. The molecule has 0 aromatic carbocycles. The molecule has 0 amide bonds. The molecule has 8 heteroatoms. The van der Waals surface area contributed by atoms with Gasteiger partial charge < -0.3 is 1.43 Å². The van der Waals surface area contributed by atoms with Crippen LogP contribution in [0.1, 0.15) is 29.5 Å². The van der Waals surface area contributed by atoms with Crippen LogP contribution in [0, 0.1) is 56.7 Å². The second-order valence-electron chi connectivity index (χ2n) is 3.92.